The maximum Gasteiger partial charge on any atom is 0.226 e. The first-order valence-electron chi connectivity index (χ1n) is 8.05. The second-order valence-corrected chi connectivity index (χ2v) is 16.2. The van der Waals surface area contributed by atoms with E-state index in [9.17, 15) is 5.11 Å². The van der Waals surface area contributed by atoms with Crippen molar-refractivity contribution in [2.45, 2.75) is 50.8 Å². The Morgan fingerprint density at radius 1 is 0.677 bits per heavy atom. The largest absolute Gasteiger partial charge is 0.388 e. The monoisotopic (exact) mass is 710 g/mol. The molecule has 0 aliphatic rings. The predicted molar refractivity (Wildman–Crippen MR) is 143 cm³/mol. The highest BCUT2D eigenvalue weighted by molar-refractivity contribution is 6.79. The molecule has 180 valence electrons. The smallest absolute Gasteiger partial charge is 0.226 e. The van der Waals surface area contributed by atoms with E-state index >= 15 is 0 Å². The third kappa shape index (κ3) is 6.22. The van der Waals surface area contributed by atoms with E-state index < -0.39 is 31.0 Å². The Morgan fingerprint density at radius 2 is 1.00 bits per heavy atom. The van der Waals surface area contributed by atoms with Crippen LogP contribution in [0.15, 0.2) is 18.2 Å². The van der Waals surface area contributed by atoms with E-state index in [4.69, 9.17) is 162 Å². The minimum Gasteiger partial charge on any atom is -0.388 e. The predicted octanol–water partition coefficient (Wildman–Crippen LogP) is 10.9. The molecular formula is C16H12Cl14O. The Kier molecular flexibility index (Phi) is 11.4. The number of halogens is 14. The third-order valence-corrected chi connectivity index (χ3v) is 12.0. The van der Waals surface area contributed by atoms with Gasteiger partial charge in [-0.2, -0.15) is 0 Å². The van der Waals surface area contributed by atoms with E-state index in [0.717, 1.165) is 0 Å². The van der Waals surface area contributed by atoms with Crippen molar-refractivity contribution in [2.75, 3.05) is 0 Å². The summed E-state index contributed by atoms with van der Waals surface area (Å²) in [5.74, 6) is 0. The fourth-order valence-corrected chi connectivity index (χ4v) is 5.65. The zero-order valence-corrected chi connectivity index (χ0v) is 25.5. The van der Waals surface area contributed by atoms with Crippen molar-refractivity contribution in [3.63, 3.8) is 0 Å². The second-order valence-electron chi connectivity index (χ2n) is 6.36. The van der Waals surface area contributed by atoms with Gasteiger partial charge in [0.15, 0.2) is 8.67 Å². The Labute approximate surface area is 250 Å². The molecule has 0 bridgehead atoms. The van der Waals surface area contributed by atoms with E-state index in [1.165, 1.54) is 18.2 Å². The quantitative estimate of drug-likeness (QED) is 0.279. The van der Waals surface area contributed by atoms with Gasteiger partial charge < -0.3 is 5.11 Å². The highest BCUT2D eigenvalue weighted by atomic mass is 35.6. The molecule has 0 heterocycles. The van der Waals surface area contributed by atoms with E-state index in [0.29, 0.717) is 6.42 Å². The molecule has 15 heteroatoms. The molecule has 0 aliphatic carbocycles. The number of alkyl halides is 14. The van der Waals surface area contributed by atoms with Crippen LogP contribution in [-0.2, 0) is 8.67 Å². The molecule has 0 aliphatic heterocycles. The molecule has 0 aromatic heterocycles. The van der Waals surface area contributed by atoms with E-state index in [-0.39, 0.29) is 23.1 Å². The standard InChI is InChI=1S/C16H12Cl14O/c1-2-4-9(31)10-7(11(17,18)13(21,22)15(25,26)27)5-3-6-8(10)12(19,20)14(23,24)16(28,29)30/h3,5-6,9,31H,2,4H2,1H3. The number of rotatable bonds is 7. The topological polar surface area (TPSA) is 20.2 Å². The van der Waals surface area contributed by atoms with Crippen LogP contribution in [0, 0.1) is 0 Å². The summed E-state index contributed by atoms with van der Waals surface area (Å²) >= 11 is 86.6. The molecule has 0 saturated heterocycles. The fraction of sp³-hybridized carbons (Fsp3) is 0.625. The van der Waals surface area contributed by atoms with E-state index in [2.05, 4.69) is 0 Å². The molecule has 1 atom stereocenters. The molecule has 0 saturated carbocycles. The molecular weight excluding hydrogens is 705 g/mol. The summed E-state index contributed by atoms with van der Waals surface area (Å²) in [6, 6.07) is 4.14. The normalized spacial score (nSPS) is 15.9. The first-order valence-corrected chi connectivity index (χ1v) is 13.3. The third-order valence-electron chi connectivity index (χ3n) is 4.18. The van der Waals surface area contributed by atoms with Crippen LogP contribution < -0.4 is 0 Å². The maximum atomic E-state index is 10.9. The number of benzene rings is 1. The molecule has 0 amide bonds. The lowest BCUT2D eigenvalue weighted by Crippen LogP contribution is -2.47. The molecule has 1 nitrogen and oxygen atoms in total. The van der Waals surface area contributed by atoms with Gasteiger partial charge in [-0.25, -0.2) is 0 Å². The lowest BCUT2D eigenvalue weighted by molar-refractivity contribution is 0.163. The first kappa shape index (κ1) is 32.3. The van der Waals surface area contributed by atoms with Crippen molar-refractivity contribution in [1.29, 1.82) is 0 Å². The van der Waals surface area contributed by atoms with Gasteiger partial charge in [0.05, 0.1) is 6.10 Å². The molecule has 1 unspecified atom stereocenters. The van der Waals surface area contributed by atoms with Crippen molar-refractivity contribution < 1.29 is 5.11 Å². The average molecular weight is 717 g/mol. The Bertz CT molecular complexity index is 721. The van der Waals surface area contributed by atoms with E-state index in [1.54, 1.807) is 6.92 Å². The minimum atomic E-state index is -2.43. The van der Waals surface area contributed by atoms with Crippen molar-refractivity contribution in [2.24, 2.45) is 0 Å². The summed E-state index contributed by atoms with van der Waals surface area (Å²) in [7, 11) is 0. The summed E-state index contributed by atoms with van der Waals surface area (Å²) in [5, 5.41) is 10.9. The van der Waals surface area contributed by atoms with Crippen molar-refractivity contribution >= 4 is 162 Å². The SMILES string of the molecule is CCCC(O)c1c(C(Cl)(Cl)C(Cl)(Cl)C(Cl)(Cl)Cl)cccc1C(Cl)(Cl)C(Cl)(Cl)C(Cl)(Cl)Cl. The summed E-state index contributed by atoms with van der Waals surface area (Å²) in [6.07, 6.45) is -0.573. The van der Waals surface area contributed by atoms with Gasteiger partial charge in [-0.1, -0.05) is 194 Å². The van der Waals surface area contributed by atoms with Crippen LogP contribution in [0.3, 0.4) is 0 Å². The zero-order valence-electron chi connectivity index (χ0n) is 15.0. The molecule has 1 aromatic carbocycles. The number of aliphatic hydroxyl groups excluding tert-OH is 1. The number of hydrogen-bond donors (Lipinski definition) is 1. The lowest BCUT2D eigenvalue weighted by atomic mass is 9.88. The second kappa shape index (κ2) is 10.9. The van der Waals surface area contributed by atoms with Crippen molar-refractivity contribution in [3.05, 3.63) is 34.9 Å². The number of aliphatic hydroxyl groups is 1. The zero-order chi connectivity index (χ0) is 24.8. The van der Waals surface area contributed by atoms with Gasteiger partial charge in [-0.05, 0) is 23.1 Å². The summed E-state index contributed by atoms with van der Waals surface area (Å²) in [5.41, 5.74) is -0.228. The van der Waals surface area contributed by atoms with Crippen LogP contribution in [0.25, 0.3) is 0 Å². The molecule has 1 aromatic rings. The van der Waals surface area contributed by atoms with Crippen LogP contribution in [0.4, 0.5) is 0 Å². The summed E-state index contributed by atoms with van der Waals surface area (Å²) in [4.78, 5) is 0. The summed E-state index contributed by atoms with van der Waals surface area (Å²) < 4.78 is -14.3. The molecule has 31 heavy (non-hydrogen) atoms. The molecule has 0 radical (unpaired) electrons. The maximum absolute atomic E-state index is 10.9. The molecule has 1 rings (SSSR count). The molecule has 1 N–H and O–H groups in total. The number of hydrogen-bond acceptors (Lipinski definition) is 1. The van der Waals surface area contributed by atoms with Crippen LogP contribution >= 0.6 is 162 Å². The lowest BCUT2D eigenvalue weighted by Gasteiger charge is -2.42. The minimum absolute atomic E-state index is 0.0424. The Morgan fingerprint density at radius 3 is 1.26 bits per heavy atom. The van der Waals surface area contributed by atoms with Crippen LogP contribution in [0.5, 0.6) is 0 Å². The van der Waals surface area contributed by atoms with Gasteiger partial charge >= 0.3 is 0 Å². The van der Waals surface area contributed by atoms with Gasteiger partial charge in [0.1, 0.15) is 0 Å². The highest BCUT2D eigenvalue weighted by Gasteiger charge is 2.64. The summed E-state index contributed by atoms with van der Waals surface area (Å²) in [6.45, 7) is 1.80. The Hall–Kier alpha value is 3.24. The van der Waals surface area contributed by atoms with Gasteiger partial charge in [0.25, 0.3) is 0 Å². The van der Waals surface area contributed by atoms with Crippen molar-refractivity contribution in [1.82, 2.24) is 0 Å². The van der Waals surface area contributed by atoms with Gasteiger partial charge in [-0.15, -0.1) is 0 Å². The first-order chi connectivity index (χ1) is 13.6. The van der Waals surface area contributed by atoms with E-state index in [1.807, 2.05) is 0 Å². The van der Waals surface area contributed by atoms with Crippen molar-refractivity contribution in [3.8, 4) is 0 Å². The van der Waals surface area contributed by atoms with Crippen LogP contribution in [0.1, 0.15) is 42.6 Å². The molecule has 0 spiro atoms. The average Bonchev–Trinajstić information content (AvgIpc) is 2.58. The van der Waals surface area contributed by atoms with Gasteiger partial charge in [0, 0.05) is 0 Å². The fourth-order valence-electron chi connectivity index (χ4n) is 2.58. The van der Waals surface area contributed by atoms with Gasteiger partial charge in [0.2, 0.25) is 16.3 Å². The Balaban J connectivity index is 4.01. The highest BCUT2D eigenvalue weighted by Crippen LogP contribution is 2.64. The van der Waals surface area contributed by atoms with Gasteiger partial charge in [-0.3, -0.25) is 0 Å². The molecule has 0 fully saturated rings. The van der Waals surface area contributed by atoms with Crippen LogP contribution in [0.2, 0.25) is 0 Å². The van der Waals surface area contributed by atoms with Crippen LogP contribution in [-0.4, -0.2) is 21.4 Å².